The van der Waals surface area contributed by atoms with Crippen LogP contribution >= 0.6 is 0 Å². The van der Waals surface area contributed by atoms with E-state index in [2.05, 4.69) is 22.2 Å². The topological polar surface area (TPSA) is 75.1 Å². The normalized spacial score (nSPS) is 10.8. The minimum atomic E-state index is -0.580. The van der Waals surface area contributed by atoms with E-state index in [9.17, 15) is 14.3 Å². The molecule has 0 radical (unpaired) electrons. The van der Waals surface area contributed by atoms with Gasteiger partial charge in [0, 0.05) is 24.5 Å². The van der Waals surface area contributed by atoms with E-state index in [4.69, 9.17) is 0 Å². The van der Waals surface area contributed by atoms with Gasteiger partial charge in [0.2, 0.25) is 5.91 Å². The molecule has 2 aromatic carbocycles. The van der Waals surface area contributed by atoms with Crippen LogP contribution in [-0.2, 0) is 11.2 Å². The summed E-state index contributed by atoms with van der Waals surface area (Å²) in [4.78, 5) is 21.4. The van der Waals surface area contributed by atoms with Crippen molar-refractivity contribution in [2.45, 2.75) is 51.9 Å². The average Bonchev–Trinajstić information content (AvgIpc) is 2.76. The lowest BCUT2D eigenvalue weighted by Gasteiger charge is -2.12. The van der Waals surface area contributed by atoms with Crippen LogP contribution in [0, 0.1) is 5.82 Å². The van der Waals surface area contributed by atoms with Crippen molar-refractivity contribution < 1.29 is 14.3 Å². The highest BCUT2D eigenvalue weighted by Gasteiger charge is 2.15. The summed E-state index contributed by atoms with van der Waals surface area (Å²) >= 11 is 0. The molecule has 0 aliphatic carbocycles. The summed E-state index contributed by atoms with van der Waals surface area (Å²) in [6, 6.07) is 13.6. The van der Waals surface area contributed by atoms with Crippen molar-refractivity contribution >= 4 is 11.7 Å². The number of unbranched alkanes of at least 4 members (excludes halogenated alkanes) is 4. The van der Waals surface area contributed by atoms with Crippen LogP contribution in [0.3, 0.4) is 0 Å². The van der Waals surface area contributed by atoms with Crippen molar-refractivity contribution in [1.29, 1.82) is 0 Å². The number of hydrogen-bond acceptors (Lipinski definition) is 4. The molecule has 0 aliphatic heterocycles. The molecule has 31 heavy (non-hydrogen) atoms. The predicted molar refractivity (Wildman–Crippen MR) is 120 cm³/mol. The molecule has 0 saturated carbocycles. The van der Waals surface area contributed by atoms with Crippen LogP contribution < -0.4 is 5.32 Å². The van der Waals surface area contributed by atoms with Gasteiger partial charge in [0.05, 0.1) is 17.6 Å². The van der Waals surface area contributed by atoms with Crippen molar-refractivity contribution in [2.75, 3.05) is 5.32 Å². The maximum atomic E-state index is 14.3. The molecule has 3 aromatic rings. The zero-order chi connectivity index (χ0) is 22.1. The van der Waals surface area contributed by atoms with Gasteiger partial charge in [0.1, 0.15) is 11.6 Å². The van der Waals surface area contributed by atoms with Crippen molar-refractivity contribution in [2.24, 2.45) is 0 Å². The van der Waals surface area contributed by atoms with Gasteiger partial charge >= 0.3 is 0 Å². The van der Waals surface area contributed by atoms with Gasteiger partial charge in [-0.15, -0.1) is 0 Å². The van der Waals surface area contributed by atoms with Crippen molar-refractivity contribution in [1.82, 2.24) is 9.97 Å². The Morgan fingerprint density at radius 3 is 2.58 bits per heavy atom. The lowest BCUT2D eigenvalue weighted by atomic mass is 10.1. The Balaban J connectivity index is 1.81. The highest BCUT2D eigenvalue weighted by molar-refractivity contribution is 5.90. The average molecular weight is 422 g/mol. The number of benzene rings is 2. The summed E-state index contributed by atoms with van der Waals surface area (Å²) < 4.78 is 14.3. The molecule has 0 aliphatic rings. The molecule has 162 valence electrons. The highest BCUT2D eigenvalue weighted by Crippen LogP contribution is 2.26. The number of nitrogens with one attached hydrogen (secondary N) is 1. The van der Waals surface area contributed by atoms with E-state index in [0.29, 0.717) is 30.0 Å². The van der Waals surface area contributed by atoms with E-state index in [1.165, 1.54) is 31.2 Å². The van der Waals surface area contributed by atoms with Gasteiger partial charge in [-0.05, 0) is 24.1 Å². The van der Waals surface area contributed by atoms with Gasteiger partial charge in [0.15, 0.2) is 5.82 Å². The fourth-order valence-corrected chi connectivity index (χ4v) is 3.37. The lowest BCUT2D eigenvalue weighted by Crippen LogP contribution is -2.15. The highest BCUT2D eigenvalue weighted by atomic mass is 19.1. The third kappa shape index (κ3) is 6.60. The van der Waals surface area contributed by atoms with Gasteiger partial charge in [-0.3, -0.25) is 4.79 Å². The van der Waals surface area contributed by atoms with Crippen LogP contribution in [0.4, 0.5) is 10.2 Å². The zero-order valence-corrected chi connectivity index (χ0v) is 17.8. The van der Waals surface area contributed by atoms with Crippen molar-refractivity contribution in [3.8, 4) is 17.0 Å². The largest absolute Gasteiger partial charge is 0.508 e. The second-order valence-corrected chi connectivity index (χ2v) is 7.59. The van der Waals surface area contributed by atoms with E-state index < -0.39 is 5.82 Å². The monoisotopic (exact) mass is 421 g/mol. The molecule has 0 bridgehead atoms. The fourth-order valence-electron chi connectivity index (χ4n) is 3.37. The number of nitrogens with zero attached hydrogens (tertiary/aromatic N) is 2. The van der Waals surface area contributed by atoms with Crippen LogP contribution in [0.2, 0.25) is 0 Å². The second kappa shape index (κ2) is 11.2. The summed E-state index contributed by atoms with van der Waals surface area (Å²) in [6.45, 7) is 2.16. The maximum Gasteiger partial charge on any atom is 0.225 e. The first-order chi connectivity index (χ1) is 15.1. The van der Waals surface area contributed by atoms with Crippen LogP contribution in [0.1, 0.15) is 56.7 Å². The fraction of sp³-hybridized carbons (Fsp3) is 0.320. The number of halogens is 1. The zero-order valence-electron chi connectivity index (χ0n) is 17.8. The summed E-state index contributed by atoms with van der Waals surface area (Å²) in [7, 11) is 0. The number of phenols is 1. The van der Waals surface area contributed by atoms with Crippen LogP contribution in [-0.4, -0.2) is 21.0 Å². The Bertz CT molecular complexity index is 1010. The Labute approximate surface area is 182 Å². The number of phenolic OH excluding ortho intramolecular Hbond substituents is 1. The first-order valence-electron chi connectivity index (χ1n) is 10.8. The number of aromatic hydroxyl groups is 1. The summed E-state index contributed by atoms with van der Waals surface area (Å²) in [6.07, 6.45) is 7.68. The van der Waals surface area contributed by atoms with Crippen LogP contribution in [0.15, 0.2) is 54.7 Å². The molecule has 0 spiro atoms. The molecule has 0 saturated heterocycles. The quantitative estimate of drug-likeness (QED) is 0.401. The van der Waals surface area contributed by atoms with Crippen molar-refractivity contribution in [3.05, 3.63) is 71.8 Å². The Kier molecular flexibility index (Phi) is 8.10. The molecule has 5 nitrogen and oxygen atoms in total. The molecular formula is C25H28FN3O2. The molecule has 2 N–H and O–H groups in total. The summed E-state index contributed by atoms with van der Waals surface area (Å²) in [5, 5.41) is 12.3. The molecule has 0 atom stereocenters. The van der Waals surface area contributed by atoms with Crippen LogP contribution in [0.5, 0.6) is 5.75 Å². The number of carbonyl (C=O) groups excluding carboxylic acids is 1. The number of aromatic nitrogens is 2. The van der Waals surface area contributed by atoms with E-state index in [0.717, 1.165) is 30.9 Å². The SMILES string of the molecule is CCCCCCCC(=O)Nc1ncc(-c2ccc(O)cc2F)nc1Cc1ccccc1. The lowest BCUT2D eigenvalue weighted by molar-refractivity contribution is -0.116. The molecule has 0 unspecified atom stereocenters. The van der Waals surface area contributed by atoms with Gasteiger partial charge in [-0.25, -0.2) is 14.4 Å². The third-order valence-electron chi connectivity index (χ3n) is 5.05. The minimum Gasteiger partial charge on any atom is -0.508 e. The maximum absolute atomic E-state index is 14.3. The molecule has 1 amide bonds. The number of anilines is 1. The third-order valence-corrected chi connectivity index (χ3v) is 5.05. The Hall–Kier alpha value is -3.28. The predicted octanol–water partition coefficient (Wildman–Crippen LogP) is 5.88. The molecular weight excluding hydrogens is 393 g/mol. The smallest absolute Gasteiger partial charge is 0.225 e. The van der Waals surface area contributed by atoms with E-state index in [-0.39, 0.29) is 17.2 Å². The van der Waals surface area contributed by atoms with Gasteiger partial charge < -0.3 is 10.4 Å². The second-order valence-electron chi connectivity index (χ2n) is 7.59. The molecule has 6 heteroatoms. The van der Waals surface area contributed by atoms with Gasteiger partial charge in [-0.2, -0.15) is 0 Å². The summed E-state index contributed by atoms with van der Waals surface area (Å²) in [5.41, 5.74) is 2.17. The molecule has 1 heterocycles. The Morgan fingerprint density at radius 1 is 1.06 bits per heavy atom. The van der Waals surface area contributed by atoms with E-state index >= 15 is 0 Å². The number of carbonyl (C=O) groups is 1. The van der Waals surface area contributed by atoms with Crippen LogP contribution in [0.25, 0.3) is 11.3 Å². The molecule has 3 rings (SSSR count). The number of hydrogen-bond donors (Lipinski definition) is 2. The Morgan fingerprint density at radius 2 is 1.84 bits per heavy atom. The molecule has 0 fully saturated rings. The summed E-state index contributed by atoms with van der Waals surface area (Å²) in [5.74, 6) is -0.431. The van der Waals surface area contributed by atoms with E-state index in [1.54, 1.807) is 0 Å². The first kappa shape index (κ1) is 22.4. The van der Waals surface area contributed by atoms with E-state index in [1.807, 2.05) is 30.3 Å². The van der Waals surface area contributed by atoms with Gasteiger partial charge in [-0.1, -0.05) is 62.9 Å². The minimum absolute atomic E-state index is 0.0938. The number of rotatable bonds is 10. The van der Waals surface area contributed by atoms with Crippen molar-refractivity contribution in [3.63, 3.8) is 0 Å². The standard InChI is InChI=1S/C25H28FN3O2/c1-2-3-4-5-9-12-24(31)29-25-22(15-18-10-7-6-8-11-18)28-23(17-27-25)20-14-13-19(30)16-21(20)26/h6-8,10-11,13-14,16-17,30H,2-5,9,12,15H2,1H3,(H,27,29,31). The molecule has 1 aromatic heterocycles. The first-order valence-corrected chi connectivity index (χ1v) is 10.8. The number of amides is 1. The van der Waals surface area contributed by atoms with Gasteiger partial charge in [0.25, 0.3) is 0 Å².